The van der Waals surface area contributed by atoms with Crippen LogP contribution in [0.4, 0.5) is 0 Å². The van der Waals surface area contributed by atoms with Crippen LogP contribution >= 0.6 is 0 Å². The van der Waals surface area contributed by atoms with Crippen molar-refractivity contribution in [2.75, 3.05) is 0 Å². The summed E-state index contributed by atoms with van der Waals surface area (Å²) >= 11 is 0. The third-order valence-corrected chi connectivity index (χ3v) is 4.85. The van der Waals surface area contributed by atoms with Crippen molar-refractivity contribution in [2.45, 2.75) is 25.2 Å². The number of ketones is 2. The maximum atomic E-state index is 13.1. The van der Waals surface area contributed by atoms with Crippen LogP contribution in [0.1, 0.15) is 51.5 Å². The van der Waals surface area contributed by atoms with Gasteiger partial charge >= 0.3 is 0 Å². The highest BCUT2D eigenvalue weighted by atomic mass is 16.3. The number of carbonyl (C=O) groups excluding carboxylic acids is 2. The topological polar surface area (TPSA) is 94.8 Å². The SMILES string of the molecule is O=C(CCCC(C(=O)c1ccc(O)cc1)c1ccc(O)cc1)c1ccc(O)cc1. The quantitative estimate of drug-likeness (QED) is 0.479. The molecule has 0 aliphatic heterocycles. The first kappa shape index (κ1) is 20.1. The van der Waals surface area contributed by atoms with Crippen molar-refractivity contribution in [1.29, 1.82) is 0 Å². The van der Waals surface area contributed by atoms with Crippen molar-refractivity contribution in [3.05, 3.63) is 89.5 Å². The van der Waals surface area contributed by atoms with Gasteiger partial charge in [0.15, 0.2) is 11.6 Å². The Morgan fingerprint density at radius 1 is 0.655 bits per heavy atom. The number of phenolic OH excluding ortho intramolecular Hbond substituents is 3. The molecule has 5 heteroatoms. The molecule has 0 spiro atoms. The number of carbonyl (C=O) groups is 2. The smallest absolute Gasteiger partial charge is 0.170 e. The Hall–Kier alpha value is -3.60. The first-order valence-electron chi connectivity index (χ1n) is 9.38. The van der Waals surface area contributed by atoms with Gasteiger partial charge in [-0.3, -0.25) is 9.59 Å². The summed E-state index contributed by atoms with van der Waals surface area (Å²) in [6.07, 6.45) is 1.26. The highest BCUT2D eigenvalue weighted by Crippen LogP contribution is 2.29. The number of phenols is 3. The van der Waals surface area contributed by atoms with Crippen LogP contribution in [-0.2, 0) is 0 Å². The molecule has 29 heavy (non-hydrogen) atoms. The second-order valence-electron chi connectivity index (χ2n) is 6.92. The molecule has 3 aromatic carbocycles. The fourth-order valence-electron chi connectivity index (χ4n) is 3.24. The standard InChI is InChI=1S/C24H22O5/c25-19-10-4-16(5-11-19)22(24(29)18-8-14-21(27)15-9-18)2-1-3-23(28)17-6-12-20(26)13-7-17/h4-15,22,25-27H,1-3H2. The van der Waals surface area contributed by atoms with Crippen LogP contribution < -0.4 is 0 Å². The summed E-state index contributed by atoms with van der Waals surface area (Å²) in [7, 11) is 0. The summed E-state index contributed by atoms with van der Waals surface area (Å²) < 4.78 is 0. The average molecular weight is 390 g/mol. The second-order valence-corrected chi connectivity index (χ2v) is 6.92. The molecule has 0 aliphatic rings. The molecule has 0 aromatic heterocycles. The molecule has 1 atom stereocenters. The van der Waals surface area contributed by atoms with Crippen LogP contribution in [0.5, 0.6) is 17.2 Å². The van der Waals surface area contributed by atoms with E-state index in [1.54, 1.807) is 36.4 Å². The Morgan fingerprint density at radius 2 is 1.10 bits per heavy atom. The number of Topliss-reactive ketones (excluding diaryl/α,β-unsaturated/α-hetero) is 2. The maximum absolute atomic E-state index is 13.1. The summed E-state index contributed by atoms with van der Waals surface area (Å²) in [6, 6.07) is 18.7. The zero-order chi connectivity index (χ0) is 20.8. The molecular weight excluding hydrogens is 368 g/mol. The fourth-order valence-corrected chi connectivity index (χ4v) is 3.24. The molecule has 3 N–H and O–H groups in total. The molecule has 0 amide bonds. The largest absolute Gasteiger partial charge is 0.508 e. The van der Waals surface area contributed by atoms with Crippen molar-refractivity contribution in [1.82, 2.24) is 0 Å². The number of benzene rings is 3. The maximum Gasteiger partial charge on any atom is 0.170 e. The zero-order valence-electron chi connectivity index (χ0n) is 15.8. The van der Waals surface area contributed by atoms with Gasteiger partial charge in [0.25, 0.3) is 0 Å². The third kappa shape index (κ3) is 5.23. The van der Waals surface area contributed by atoms with Gasteiger partial charge in [-0.25, -0.2) is 0 Å². The van der Waals surface area contributed by atoms with Gasteiger partial charge in [-0.2, -0.15) is 0 Å². The zero-order valence-corrected chi connectivity index (χ0v) is 15.8. The van der Waals surface area contributed by atoms with E-state index in [1.165, 1.54) is 36.4 Å². The minimum Gasteiger partial charge on any atom is -0.508 e. The van der Waals surface area contributed by atoms with E-state index in [4.69, 9.17) is 0 Å². The van der Waals surface area contributed by atoms with Crippen LogP contribution in [-0.4, -0.2) is 26.9 Å². The first-order valence-corrected chi connectivity index (χ1v) is 9.38. The molecular formula is C24H22O5. The molecule has 0 fully saturated rings. The predicted octanol–water partition coefficient (Wildman–Crippen LogP) is 4.82. The van der Waals surface area contributed by atoms with Gasteiger partial charge in [-0.05, 0) is 79.1 Å². The van der Waals surface area contributed by atoms with E-state index in [9.17, 15) is 24.9 Å². The molecule has 3 rings (SSSR count). The van der Waals surface area contributed by atoms with Gasteiger partial charge in [0.1, 0.15) is 17.2 Å². The molecule has 0 radical (unpaired) electrons. The monoisotopic (exact) mass is 390 g/mol. The third-order valence-electron chi connectivity index (χ3n) is 4.85. The highest BCUT2D eigenvalue weighted by Gasteiger charge is 2.22. The molecule has 0 saturated carbocycles. The molecule has 5 nitrogen and oxygen atoms in total. The van der Waals surface area contributed by atoms with E-state index in [0.717, 1.165) is 5.56 Å². The van der Waals surface area contributed by atoms with Crippen molar-refractivity contribution < 1.29 is 24.9 Å². The normalized spacial score (nSPS) is 11.7. The van der Waals surface area contributed by atoms with Gasteiger partial charge in [0.2, 0.25) is 0 Å². The van der Waals surface area contributed by atoms with Gasteiger partial charge in [-0.1, -0.05) is 12.1 Å². The minimum absolute atomic E-state index is 0.0495. The van der Waals surface area contributed by atoms with Gasteiger partial charge < -0.3 is 15.3 Å². The molecule has 148 valence electrons. The lowest BCUT2D eigenvalue weighted by atomic mass is 9.86. The molecule has 0 saturated heterocycles. The summed E-state index contributed by atoms with van der Waals surface area (Å²) in [5.74, 6) is -0.310. The Morgan fingerprint density at radius 3 is 1.62 bits per heavy atom. The molecule has 0 aliphatic carbocycles. The predicted molar refractivity (Wildman–Crippen MR) is 110 cm³/mol. The summed E-state index contributed by atoms with van der Waals surface area (Å²) in [4.78, 5) is 25.4. The van der Waals surface area contributed by atoms with Crippen LogP contribution in [0.2, 0.25) is 0 Å². The molecule has 3 aromatic rings. The van der Waals surface area contributed by atoms with Crippen LogP contribution in [0.25, 0.3) is 0 Å². The van der Waals surface area contributed by atoms with E-state index >= 15 is 0 Å². The lowest BCUT2D eigenvalue weighted by Gasteiger charge is -2.17. The van der Waals surface area contributed by atoms with Crippen molar-refractivity contribution >= 4 is 11.6 Å². The van der Waals surface area contributed by atoms with Gasteiger partial charge in [0, 0.05) is 23.5 Å². The first-order chi connectivity index (χ1) is 13.9. The van der Waals surface area contributed by atoms with E-state index in [0.29, 0.717) is 24.0 Å². The Balaban J connectivity index is 1.73. The van der Waals surface area contributed by atoms with Crippen molar-refractivity contribution in [2.24, 2.45) is 0 Å². The molecule has 0 bridgehead atoms. The van der Waals surface area contributed by atoms with Crippen LogP contribution in [0, 0.1) is 0 Å². The van der Waals surface area contributed by atoms with E-state index in [2.05, 4.69) is 0 Å². The minimum atomic E-state index is -0.465. The number of hydrogen-bond acceptors (Lipinski definition) is 5. The molecule has 1 unspecified atom stereocenters. The molecule has 0 heterocycles. The van der Waals surface area contributed by atoms with Crippen molar-refractivity contribution in [3.8, 4) is 17.2 Å². The lowest BCUT2D eigenvalue weighted by Crippen LogP contribution is -2.14. The van der Waals surface area contributed by atoms with Crippen molar-refractivity contribution in [3.63, 3.8) is 0 Å². The number of hydrogen-bond donors (Lipinski definition) is 3. The van der Waals surface area contributed by atoms with E-state index in [-0.39, 0.29) is 35.2 Å². The Kier molecular flexibility index (Phi) is 6.29. The fraction of sp³-hybridized carbons (Fsp3) is 0.167. The Bertz CT molecular complexity index is 973. The van der Waals surface area contributed by atoms with Crippen LogP contribution in [0.3, 0.4) is 0 Å². The van der Waals surface area contributed by atoms with Gasteiger partial charge in [0.05, 0.1) is 0 Å². The van der Waals surface area contributed by atoms with Crippen LogP contribution in [0.15, 0.2) is 72.8 Å². The average Bonchev–Trinajstić information content (AvgIpc) is 2.72. The van der Waals surface area contributed by atoms with Gasteiger partial charge in [-0.15, -0.1) is 0 Å². The lowest BCUT2D eigenvalue weighted by molar-refractivity contribution is 0.0936. The summed E-state index contributed by atoms with van der Waals surface area (Å²) in [5, 5.41) is 28.3. The second kappa shape index (κ2) is 9.06. The Labute approximate surface area is 168 Å². The number of aromatic hydroxyl groups is 3. The van der Waals surface area contributed by atoms with E-state index < -0.39 is 5.92 Å². The number of rotatable bonds is 8. The highest BCUT2D eigenvalue weighted by molar-refractivity contribution is 6.01. The summed E-state index contributed by atoms with van der Waals surface area (Å²) in [5.41, 5.74) is 1.76. The van der Waals surface area contributed by atoms with E-state index in [1.807, 2.05) is 0 Å². The summed E-state index contributed by atoms with van der Waals surface area (Å²) in [6.45, 7) is 0.